The van der Waals surface area contributed by atoms with Crippen LogP contribution in [-0.4, -0.2) is 78.0 Å². The summed E-state index contributed by atoms with van der Waals surface area (Å²) >= 11 is 0. The summed E-state index contributed by atoms with van der Waals surface area (Å²) in [4.78, 5) is 47.7. The van der Waals surface area contributed by atoms with Gasteiger partial charge >= 0.3 is 23.9 Å². The number of benzene rings is 1. The van der Waals surface area contributed by atoms with Crippen LogP contribution in [0.25, 0.3) is 0 Å². The number of unbranched alkanes of at least 4 members (excludes halogenated alkanes) is 1. The Morgan fingerprint density at radius 2 is 1.50 bits per heavy atom. The van der Waals surface area contributed by atoms with E-state index in [1.165, 1.54) is 6.92 Å². The summed E-state index contributed by atoms with van der Waals surface area (Å²) in [6.07, 6.45) is -4.08. The Morgan fingerprint density at radius 1 is 0.881 bits per heavy atom. The largest absolute Gasteiger partial charge is 0.494 e. The lowest BCUT2D eigenvalue weighted by Gasteiger charge is -2.43. The number of esters is 4. The van der Waals surface area contributed by atoms with Crippen LogP contribution in [0, 0.1) is 6.92 Å². The summed E-state index contributed by atoms with van der Waals surface area (Å²) in [5, 5.41) is 7.16. The summed E-state index contributed by atoms with van der Waals surface area (Å²) in [6.45, 7) is 8.86. The van der Waals surface area contributed by atoms with E-state index >= 15 is 0 Å². The predicted molar refractivity (Wildman–Crippen MR) is 146 cm³/mol. The van der Waals surface area contributed by atoms with Gasteiger partial charge in [0.25, 0.3) is 0 Å². The van der Waals surface area contributed by atoms with Crippen LogP contribution in [0.4, 0.5) is 0 Å². The van der Waals surface area contributed by atoms with Crippen LogP contribution >= 0.6 is 0 Å². The molecule has 3 rings (SSSR count). The SMILES string of the molecule is CCCCOc1ccc(Cc2c(OC3O[C@H](COC(C)=O)[C@@H](OC(C)=O)[C@H](OC(C)=O)[C@H]3OC(C)=O)n[nH]c2C)cc1. The van der Waals surface area contributed by atoms with E-state index in [9.17, 15) is 19.2 Å². The molecule has 2 aromatic rings. The van der Waals surface area contributed by atoms with Gasteiger partial charge in [0.05, 0.1) is 6.61 Å². The number of rotatable bonds is 13. The third kappa shape index (κ3) is 9.20. The molecule has 0 amide bonds. The number of hydrogen-bond donors (Lipinski definition) is 1. The number of nitrogens with one attached hydrogen (secondary N) is 1. The zero-order valence-corrected chi connectivity index (χ0v) is 24.7. The number of aromatic nitrogens is 2. The Balaban J connectivity index is 1.91. The zero-order valence-electron chi connectivity index (χ0n) is 24.7. The molecule has 1 fully saturated rings. The van der Waals surface area contributed by atoms with Crippen molar-refractivity contribution in [3.63, 3.8) is 0 Å². The zero-order chi connectivity index (χ0) is 30.8. The first-order chi connectivity index (χ1) is 20.0. The standard InChI is InChI=1S/C29H38N2O11/c1-7-8-13-36-22-11-9-21(10-12-22)14-23-16(2)30-31-28(23)42-29-27(40-20(6)35)26(39-19(5)34)25(38-18(4)33)24(41-29)15-37-17(3)32/h9-12,24-27,29H,7-8,13-15H2,1-6H3,(H,30,31)/t24-,25-,26+,27-,29?/m1/s1. The van der Waals surface area contributed by atoms with Gasteiger partial charge in [0.1, 0.15) is 18.5 Å². The van der Waals surface area contributed by atoms with Gasteiger partial charge in [0, 0.05) is 45.4 Å². The molecule has 1 aromatic heterocycles. The number of carbonyl (C=O) groups excluding carboxylic acids is 4. The molecule has 1 saturated heterocycles. The van der Waals surface area contributed by atoms with Crippen LogP contribution in [0.5, 0.6) is 11.6 Å². The molecule has 0 spiro atoms. The molecule has 0 bridgehead atoms. The normalized spacial score (nSPS) is 21.6. The Labute approximate surface area is 244 Å². The average molecular weight is 591 g/mol. The molecule has 1 aliphatic heterocycles. The fourth-order valence-corrected chi connectivity index (χ4v) is 4.37. The van der Waals surface area contributed by atoms with Crippen molar-refractivity contribution in [3.8, 4) is 11.6 Å². The second-order valence-corrected chi connectivity index (χ2v) is 9.84. The second kappa shape index (κ2) is 15.2. The van der Waals surface area contributed by atoms with Gasteiger partial charge in [-0.1, -0.05) is 25.5 Å². The molecule has 1 unspecified atom stereocenters. The number of aromatic amines is 1. The number of H-pyrrole nitrogens is 1. The predicted octanol–water partition coefficient (Wildman–Crippen LogP) is 2.95. The lowest BCUT2D eigenvalue weighted by molar-refractivity contribution is -0.289. The van der Waals surface area contributed by atoms with E-state index < -0.39 is 54.6 Å². The fraction of sp³-hybridized carbons (Fsp3) is 0.552. The first-order valence-electron chi connectivity index (χ1n) is 13.7. The molecule has 0 radical (unpaired) electrons. The van der Waals surface area contributed by atoms with Crippen molar-refractivity contribution in [1.82, 2.24) is 10.2 Å². The van der Waals surface area contributed by atoms with Crippen molar-refractivity contribution >= 4 is 23.9 Å². The van der Waals surface area contributed by atoms with Gasteiger partial charge in [-0.25, -0.2) is 0 Å². The molecule has 0 saturated carbocycles. The molecular formula is C29H38N2O11. The van der Waals surface area contributed by atoms with Gasteiger partial charge in [0.15, 0.2) is 12.2 Å². The highest BCUT2D eigenvalue weighted by atomic mass is 16.7. The minimum Gasteiger partial charge on any atom is -0.494 e. The maximum Gasteiger partial charge on any atom is 0.303 e. The number of nitrogens with zero attached hydrogens (tertiary/aromatic N) is 1. The lowest BCUT2D eigenvalue weighted by Crippen LogP contribution is -2.63. The van der Waals surface area contributed by atoms with E-state index in [-0.39, 0.29) is 12.5 Å². The Bertz CT molecular complexity index is 1230. The molecular weight excluding hydrogens is 552 g/mol. The molecule has 42 heavy (non-hydrogen) atoms. The molecule has 1 N–H and O–H groups in total. The molecule has 0 aliphatic carbocycles. The molecule has 1 aromatic carbocycles. The fourth-order valence-electron chi connectivity index (χ4n) is 4.37. The van der Waals surface area contributed by atoms with Crippen molar-refractivity contribution in [2.75, 3.05) is 13.2 Å². The summed E-state index contributed by atoms with van der Waals surface area (Å²) < 4.78 is 39.4. The highest BCUT2D eigenvalue weighted by Crippen LogP contribution is 2.32. The van der Waals surface area contributed by atoms with Crippen molar-refractivity contribution in [2.45, 2.75) is 91.5 Å². The van der Waals surface area contributed by atoms with E-state index in [4.69, 9.17) is 33.2 Å². The van der Waals surface area contributed by atoms with Crippen LogP contribution in [-0.2, 0) is 49.3 Å². The number of ether oxygens (including phenoxy) is 7. The average Bonchev–Trinajstić information content (AvgIpc) is 3.25. The minimum absolute atomic E-state index is 0.150. The molecule has 1 aliphatic rings. The van der Waals surface area contributed by atoms with Crippen LogP contribution in [0.2, 0.25) is 0 Å². The Hall–Kier alpha value is -4.13. The van der Waals surface area contributed by atoms with E-state index in [1.807, 2.05) is 31.2 Å². The lowest BCUT2D eigenvalue weighted by atomic mass is 9.98. The van der Waals surface area contributed by atoms with E-state index in [1.54, 1.807) is 0 Å². The third-order valence-electron chi connectivity index (χ3n) is 6.28. The van der Waals surface area contributed by atoms with E-state index in [0.29, 0.717) is 18.6 Å². The van der Waals surface area contributed by atoms with Gasteiger partial charge in [-0.15, -0.1) is 5.10 Å². The smallest absolute Gasteiger partial charge is 0.303 e. The summed E-state index contributed by atoms with van der Waals surface area (Å²) in [5.41, 5.74) is 2.37. The number of hydrogen-bond acceptors (Lipinski definition) is 12. The Kier molecular flexibility index (Phi) is 11.7. The van der Waals surface area contributed by atoms with Crippen molar-refractivity contribution in [1.29, 1.82) is 0 Å². The maximum absolute atomic E-state index is 12.1. The molecule has 13 heteroatoms. The first-order valence-corrected chi connectivity index (χ1v) is 13.7. The number of carbonyl (C=O) groups is 4. The van der Waals surface area contributed by atoms with E-state index in [0.717, 1.165) is 50.6 Å². The van der Waals surface area contributed by atoms with Crippen molar-refractivity contribution < 1.29 is 52.3 Å². The van der Waals surface area contributed by atoms with Crippen LogP contribution in [0.3, 0.4) is 0 Å². The summed E-state index contributed by atoms with van der Waals surface area (Å²) in [5.74, 6) is -1.88. The quantitative estimate of drug-likeness (QED) is 0.207. The third-order valence-corrected chi connectivity index (χ3v) is 6.28. The van der Waals surface area contributed by atoms with Crippen LogP contribution < -0.4 is 9.47 Å². The molecule has 2 heterocycles. The highest BCUT2D eigenvalue weighted by molar-refractivity contribution is 5.68. The summed E-state index contributed by atoms with van der Waals surface area (Å²) in [6, 6.07) is 7.65. The van der Waals surface area contributed by atoms with Gasteiger partial charge in [0.2, 0.25) is 18.3 Å². The Morgan fingerprint density at radius 3 is 2.10 bits per heavy atom. The van der Waals surface area contributed by atoms with Gasteiger partial charge in [-0.05, 0) is 31.0 Å². The first kappa shape index (κ1) is 32.4. The topological polar surface area (TPSA) is 162 Å². The summed E-state index contributed by atoms with van der Waals surface area (Å²) in [7, 11) is 0. The second-order valence-electron chi connectivity index (χ2n) is 9.84. The van der Waals surface area contributed by atoms with Crippen molar-refractivity contribution in [2.24, 2.45) is 0 Å². The van der Waals surface area contributed by atoms with Gasteiger partial charge in [-0.2, -0.15) is 0 Å². The molecule has 13 nitrogen and oxygen atoms in total. The monoisotopic (exact) mass is 590 g/mol. The minimum atomic E-state index is -1.39. The van der Waals surface area contributed by atoms with Gasteiger partial charge < -0.3 is 33.2 Å². The van der Waals surface area contributed by atoms with E-state index in [2.05, 4.69) is 17.1 Å². The van der Waals surface area contributed by atoms with Crippen LogP contribution in [0.15, 0.2) is 24.3 Å². The highest BCUT2D eigenvalue weighted by Gasteiger charge is 2.53. The van der Waals surface area contributed by atoms with Crippen molar-refractivity contribution in [3.05, 3.63) is 41.1 Å². The van der Waals surface area contributed by atoms with Crippen LogP contribution in [0.1, 0.15) is 64.3 Å². The molecule has 230 valence electrons. The number of aryl methyl sites for hydroxylation is 1. The molecule has 5 atom stereocenters. The van der Waals surface area contributed by atoms with Gasteiger partial charge in [-0.3, -0.25) is 24.3 Å². The maximum atomic E-state index is 12.1.